The average Bonchev–Trinajstić information content (AvgIpc) is 2.20. The summed E-state index contributed by atoms with van der Waals surface area (Å²) in [5.41, 5.74) is 2.94. The minimum Gasteiger partial charge on any atom is -0.0879 e. The smallest absolute Gasteiger partial charge is 0.00206 e. The van der Waals surface area contributed by atoms with Gasteiger partial charge in [0.2, 0.25) is 0 Å². The molecule has 2 rings (SSSR count). The number of rotatable bonds is 1. The van der Waals surface area contributed by atoms with Gasteiger partial charge in [-0.05, 0) is 37.3 Å². The van der Waals surface area contributed by atoms with Gasteiger partial charge in [-0.2, -0.15) is 0 Å². The lowest BCUT2D eigenvalue weighted by molar-refractivity contribution is 0.652. The molecule has 1 atom stereocenters. The van der Waals surface area contributed by atoms with Gasteiger partial charge in [0.15, 0.2) is 0 Å². The lowest BCUT2D eigenvalue weighted by Gasteiger charge is -2.18. The van der Waals surface area contributed by atoms with Gasteiger partial charge >= 0.3 is 0 Å². The van der Waals surface area contributed by atoms with Crippen LogP contribution < -0.4 is 0 Å². The summed E-state index contributed by atoms with van der Waals surface area (Å²) in [6.07, 6.45) is 8.62. The van der Waals surface area contributed by atoms with E-state index in [1.165, 1.54) is 30.4 Å². The Morgan fingerprint density at radius 3 is 2.77 bits per heavy atom. The number of aryl methyl sites for hydroxylation is 1. The van der Waals surface area contributed by atoms with E-state index < -0.39 is 0 Å². The number of allylic oxidation sites excluding steroid dienone is 2. The molecule has 1 aliphatic rings. The van der Waals surface area contributed by atoms with Crippen LogP contribution in [0.1, 0.15) is 36.3 Å². The van der Waals surface area contributed by atoms with Gasteiger partial charge in [0.05, 0.1) is 0 Å². The van der Waals surface area contributed by atoms with Crippen molar-refractivity contribution in [3.05, 3.63) is 47.5 Å². The maximum atomic E-state index is 2.37. The zero-order chi connectivity index (χ0) is 9.10. The van der Waals surface area contributed by atoms with Crippen LogP contribution in [-0.2, 0) is 0 Å². The van der Waals surface area contributed by atoms with Crippen molar-refractivity contribution in [3.63, 3.8) is 0 Å². The van der Waals surface area contributed by atoms with Gasteiger partial charge in [0.1, 0.15) is 0 Å². The molecule has 0 bridgehead atoms. The van der Waals surface area contributed by atoms with Gasteiger partial charge in [0.25, 0.3) is 0 Å². The first-order valence-corrected chi connectivity index (χ1v) is 5.10. The summed E-state index contributed by atoms with van der Waals surface area (Å²) in [4.78, 5) is 0. The lowest BCUT2D eigenvalue weighted by Crippen LogP contribution is -2.00. The highest BCUT2D eigenvalue weighted by Crippen LogP contribution is 2.29. The van der Waals surface area contributed by atoms with Crippen LogP contribution in [0.5, 0.6) is 0 Å². The molecule has 13 heavy (non-hydrogen) atoms. The topological polar surface area (TPSA) is 0 Å². The molecule has 0 saturated carbocycles. The quantitative estimate of drug-likeness (QED) is 0.565. The Hall–Kier alpha value is -1.04. The normalized spacial score (nSPS) is 21.8. The molecule has 1 aliphatic carbocycles. The lowest BCUT2D eigenvalue weighted by atomic mass is 9.87. The van der Waals surface area contributed by atoms with Crippen molar-refractivity contribution in [1.29, 1.82) is 0 Å². The Morgan fingerprint density at radius 1 is 1.23 bits per heavy atom. The molecule has 0 saturated heterocycles. The summed E-state index contributed by atoms with van der Waals surface area (Å²) < 4.78 is 0. The second kappa shape index (κ2) is 3.78. The molecule has 0 nitrogen and oxygen atoms in total. The fourth-order valence-corrected chi connectivity index (χ4v) is 2.07. The zero-order valence-electron chi connectivity index (χ0n) is 8.16. The van der Waals surface area contributed by atoms with Gasteiger partial charge in [0, 0.05) is 5.92 Å². The molecule has 1 aromatic carbocycles. The van der Waals surface area contributed by atoms with Crippen molar-refractivity contribution in [2.75, 3.05) is 0 Å². The first kappa shape index (κ1) is 8.55. The number of hydrogen-bond acceptors (Lipinski definition) is 0. The molecular weight excluding hydrogens is 156 g/mol. The zero-order valence-corrected chi connectivity index (χ0v) is 8.16. The molecule has 1 aromatic rings. The fourth-order valence-electron chi connectivity index (χ4n) is 2.07. The molecule has 0 fully saturated rings. The Morgan fingerprint density at radius 2 is 2.08 bits per heavy atom. The van der Waals surface area contributed by atoms with Crippen LogP contribution in [-0.4, -0.2) is 0 Å². The maximum absolute atomic E-state index is 2.37. The van der Waals surface area contributed by atoms with Crippen LogP contribution in [0, 0.1) is 6.92 Å². The number of hydrogen-bond donors (Lipinski definition) is 0. The third kappa shape index (κ3) is 1.82. The van der Waals surface area contributed by atoms with Gasteiger partial charge in [-0.15, -0.1) is 0 Å². The first-order valence-electron chi connectivity index (χ1n) is 5.10. The van der Waals surface area contributed by atoms with Crippen molar-refractivity contribution >= 4 is 0 Å². The molecule has 0 radical (unpaired) electrons. The minimum atomic E-state index is 0.676. The Labute approximate surface area is 80.3 Å². The Balaban J connectivity index is 2.29. The van der Waals surface area contributed by atoms with Crippen molar-refractivity contribution in [3.8, 4) is 0 Å². The van der Waals surface area contributed by atoms with E-state index >= 15 is 0 Å². The van der Waals surface area contributed by atoms with Crippen molar-refractivity contribution in [2.45, 2.75) is 32.1 Å². The minimum absolute atomic E-state index is 0.676. The van der Waals surface area contributed by atoms with Crippen LogP contribution in [0.4, 0.5) is 0 Å². The third-order valence-electron chi connectivity index (χ3n) is 2.84. The summed E-state index contributed by atoms with van der Waals surface area (Å²) in [6.45, 7) is 2.21. The van der Waals surface area contributed by atoms with E-state index in [0.29, 0.717) is 5.92 Å². The number of benzene rings is 1. The van der Waals surface area contributed by atoms with Crippen molar-refractivity contribution in [1.82, 2.24) is 0 Å². The second-order valence-electron chi connectivity index (χ2n) is 3.82. The first-order chi connectivity index (χ1) is 6.38. The van der Waals surface area contributed by atoms with E-state index in [1.54, 1.807) is 0 Å². The molecule has 0 heteroatoms. The van der Waals surface area contributed by atoms with E-state index in [1.807, 2.05) is 0 Å². The van der Waals surface area contributed by atoms with Gasteiger partial charge in [-0.3, -0.25) is 0 Å². The van der Waals surface area contributed by atoms with Crippen LogP contribution in [0.25, 0.3) is 0 Å². The van der Waals surface area contributed by atoms with Crippen LogP contribution in [0.15, 0.2) is 36.4 Å². The van der Waals surface area contributed by atoms with Crippen LogP contribution in [0.2, 0.25) is 0 Å². The van der Waals surface area contributed by atoms with E-state index in [-0.39, 0.29) is 0 Å². The van der Waals surface area contributed by atoms with Crippen molar-refractivity contribution < 1.29 is 0 Å². The van der Waals surface area contributed by atoms with E-state index in [9.17, 15) is 0 Å². The summed E-state index contributed by atoms with van der Waals surface area (Å²) >= 11 is 0. The van der Waals surface area contributed by atoms with E-state index in [2.05, 4.69) is 43.3 Å². The molecule has 0 aliphatic heterocycles. The largest absolute Gasteiger partial charge is 0.0879 e. The SMILES string of the molecule is Cc1ccccc1[C@@H]1C=CCCC1. The molecule has 0 unspecified atom stereocenters. The third-order valence-corrected chi connectivity index (χ3v) is 2.84. The fraction of sp³-hybridized carbons (Fsp3) is 0.385. The highest BCUT2D eigenvalue weighted by Gasteiger charge is 2.11. The predicted molar refractivity (Wildman–Crippen MR) is 56.9 cm³/mol. The van der Waals surface area contributed by atoms with E-state index in [4.69, 9.17) is 0 Å². The van der Waals surface area contributed by atoms with Crippen molar-refractivity contribution in [2.24, 2.45) is 0 Å². The highest BCUT2D eigenvalue weighted by atomic mass is 14.2. The molecule has 0 N–H and O–H groups in total. The summed E-state index contributed by atoms with van der Waals surface area (Å²) in [5, 5.41) is 0. The Bertz CT molecular complexity index is 310. The molecular formula is C13H16. The predicted octanol–water partition coefficient (Wildman–Crippen LogP) is 3.82. The highest BCUT2D eigenvalue weighted by molar-refractivity contribution is 5.32. The summed E-state index contributed by atoms with van der Waals surface area (Å²) in [6, 6.07) is 8.73. The average molecular weight is 172 g/mol. The summed E-state index contributed by atoms with van der Waals surface area (Å²) in [7, 11) is 0. The molecule has 0 heterocycles. The van der Waals surface area contributed by atoms with Crippen LogP contribution in [0.3, 0.4) is 0 Å². The second-order valence-corrected chi connectivity index (χ2v) is 3.82. The monoisotopic (exact) mass is 172 g/mol. The molecule has 68 valence electrons. The van der Waals surface area contributed by atoms with E-state index in [0.717, 1.165) is 0 Å². The maximum Gasteiger partial charge on any atom is 0.00206 e. The molecule has 0 aromatic heterocycles. The summed E-state index contributed by atoms with van der Waals surface area (Å²) in [5.74, 6) is 0.676. The molecule has 0 amide bonds. The van der Waals surface area contributed by atoms with Gasteiger partial charge in [-0.25, -0.2) is 0 Å². The Kier molecular flexibility index (Phi) is 2.49. The van der Waals surface area contributed by atoms with Gasteiger partial charge < -0.3 is 0 Å². The van der Waals surface area contributed by atoms with Gasteiger partial charge in [-0.1, -0.05) is 36.4 Å². The standard InChI is InChI=1S/C13H16/c1-11-7-5-6-10-13(11)12-8-3-2-4-9-12/h3,5-8,10,12H,2,4,9H2,1H3/t12-/m1/s1. The van der Waals surface area contributed by atoms with Crippen LogP contribution >= 0.6 is 0 Å². The molecule has 0 spiro atoms.